The van der Waals surface area contributed by atoms with Gasteiger partial charge in [0.25, 0.3) is 0 Å². The van der Waals surface area contributed by atoms with E-state index in [1.165, 1.54) is 0 Å². The number of ether oxygens (including phenoxy) is 2. The van der Waals surface area contributed by atoms with Gasteiger partial charge < -0.3 is 25.2 Å². The van der Waals surface area contributed by atoms with Crippen molar-refractivity contribution >= 4 is 43.1 Å². The third kappa shape index (κ3) is 4.86. The van der Waals surface area contributed by atoms with Crippen molar-refractivity contribution in [3.63, 3.8) is 0 Å². The highest BCUT2D eigenvalue weighted by Crippen LogP contribution is 2.49. The number of halogens is 3. The quantitative estimate of drug-likeness (QED) is 0.273. The molecule has 266 valence electrons. The van der Waals surface area contributed by atoms with Gasteiger partial charge in [-0.1, -0.05) is 0 Å². The molecule has 3 N–H and O–H groups in total. The van der Waals surface area contributed by atoms with Gasteiger partial charge in [-0.05, 0) is 56.2 Å². The Kier molecular flexibility index (Phi) is 7.09. The maximum absolute atomic E-state index is 17.5. The highest BCUT2D eigenvalue weighted by molar-refractivity contribution is 7.23. The zero-order valence-corrected chi connectivity index (χ0v) is 28.7. The van der Waals surface area contributed by atoms with Gasteiger partial charge in [0.2, 0.25) is 0 Å². The van der Waals surface area contributed by atoms with Crippen molar-refractivity contribution in [1.29, 1.82) is 5.26 Å². The topological polar surface area (TPSA) is 137 Å². The summed E-state index contributed by atoms with van der Waals surface area (Å²) in [6.45, 7) is 3.73. The normalized spacial score (nSPS) is 28.1. The molecule has 6 aliphatic rings. The first kappa shape index (κ1) is 31.9. The molecule has 10 rings (SSSR count). The number of β-amino-alcohol motifs (C(OH)–C–C–N with tert-alkyl or cyclic N) is 1. The minimum absolute atomic E-state index is 0.00794. The number of aromatic nitrogens is 3. The Bertz CT molecular complexity index is 2160. The number of nitrogens with two attached hydrogens (primary N) is 1. The monoisotopic (exact) mass is 718 g/mol. The average Bonchev–Trinajstić information content (AvgIpc) is 3.57. The van der Waals surface area contributed by atoms with Gasteiger partial charge in [0.15, 0.2) is 11.6 Å². The fraction of sp³-hybridized carbons (Fsp3) is 0.556. The summed E-state index contributed by atoms with van der Waals surface area (Å²) >= 11 is 0.930. The number of hydrogen-bond acceptors (Lipinski definition) is 12. The molecule has 0 spiro atoms. The first-order valence-corrected chi connectivity index (χ1v) is 18.6. The smallest absolute Gasteiger partial charge is 0.319 e. The van der Waals surface area contributed by atoms with Gasteiger partial charge in [-0.15, -0.1) is 11.3 Å². The number of benzene rings is 1. The number of pyridine rings is 1. The van der Waals surface area contributed by atoms with Gasteiger partial charge in [0.1, 0.15) is 35.2 Å². The van der Waals surface area contributed by atoms with E-state index in [0.717, 1.165) is 81.3 Å². The Hall–Kier alpha value is -3.81. The molecule has 3 aromatic heterocycles. The van der Waals surface area contributed by atoms with Crippen molar-refractivity contribution in [2.45, 2.75) is 87.6 Å². The number of aliphatic hydroxyl groups is 1. The molecule has 11 nitrogen and oxygen atoms in total. The van der Waals surface area contributed by atoms with Crippen LogP contribution in [-0.2, 0) is 18.0 Å². The third-order valence-electron chi connectivity index (χ3n) is 12.2. The maximum Gasteiger partial charge on any atom is 0.319 e. The molecule has 1 saturated carbocycles. The predicted molar refractivity (Wildman–Crippen MR) is 184 cm³/mol. The van der Waals surface area contributed by atoms with Gasteiger partial charge in [-0.2, -0.15) is 15.2 Å². The minimum atomic E-state index is -0.935. The lowest BCUT2D eigenvalue weighted by Crippen LogP contribution is -2.55. The van der Waals surface area contributed by atoms with E-state index in [-0.39, 0.29) is 75.3 Å². The molecule has 15 heteroatoms. The molecule has 8 heterocycles. The molecule has 5 fully saturated rings. The van der Waals surface area contributed by atoms with Crippen molar-refractivity contribution in [1.82, 2.24) is 24.8 Å². The molecule has 2 bridgehead atoms. The number of nitriles is 1. The van der Waals surface area contributed by atoms with Crippen LogP contribution in [0.2, 0.25) is 0 Å². The van der Waals surface area contributed by atoms with Crippen LogP contribution in [0.25, 0.3) is 32.2 Å². The largest absolute Gasteiger partial charge is 0.461 e. The fourth-order valence-corrected chi connectivity index (χ4v) is 10.6. The van der Waals surface area contributed by atoms with Gasteiger partial charge in [-0.25, -0.2) is 13.2 Å². The van der Waals surface area contributed by atoms with E-state index in [0.29, 0.717) is 36.3 Å². The number of likely N-dealkylation sites (tertiary alicyclic amines) is 1. The molecule has 51 heavy (non-hydrogen) atoms. The van der Waals surface area contributed by atoms with E-state index in [9.17, 15) is 14.8 Å². The van der Waals surface area contributed by atoms with E-state index in [4.69, 9.17) is 25.2 Å². The number of alkyl halides is 1. The zero-order chi connectivity index (χ0) is 34.8. The summed E-state index contributed by atoms with van der Waals surface area (Å²) in [5.74, 6) is -0.763. The Morgan fingerprint density at radius 3 is 2.65 bits per heavy atom. The molecule has 0 amide bonds. The van der Waals surface area contributed by atoms with Crippen LogP contribution in [0.1, 0.15) is 61.6 Å². The zero-order valence-electron chi connectivity index (χ0n) is 27.9. The molecule has 4 saturated heterocycles. The number of nitrogen functional groups attached to an aromatic ring is 1. The molecular weight excluding hydrogens is 682 g/mol. The van der Waals surface area contributed by atoms with Crippen LogP contribution in [-0.4, -0.2) is 98.6 Å². The molecule has 4 aromatic rings. The second-order valence-corrected chi connectivity index (χ2v) is 16.4. The average molecular weight is 719 g/mol. The van der Waals surface area contributed by atoms with Crippen LogP contribution in [0.3, 0.4) is 0 Å². The lowest BCUT2D eigenvalue weighted by molar-refractivity contribution is 0.0803. The molecule has 5 aliphatic heterocycles. The Morgan fingerprint density at radius 1 is 1.10 bits per heavy atom. The number of fused-ring (bicyclic) bond motifs is 7. The van der Waals surface area contributed by atoms with E-state index >= 15 is 8.78 Å². The molecule has 1 aliphatic carbocycles. The highest BCUT2D eigenvalue weighted by Gasteiger charge is 2.50. The summed E-state index contributed by atoms with van der Waals surface area (Å²) in [4.78, 5) is 20.9. The van der Waals surface area contributed by atoms with E-state index < -0.39 is 28.9 Å². The van der Waals surface area contributed by atoms with Crippen LogP contribution in [0, 0.1) is 23.0 Å². The van der Waals surface area contributed by atoms with Crippen LogP contribution >= 0.6 is 11.3 Å². The number of anilines is 2. The van der Waals surface area contributed by atoms with Crippen LogP contribution in [0.5, 0.6) is 6.01 Å². The predicted octanol–water partition coefficient (Wildman–Crippen LogP) is 4.80. The van der Waals surface area contributed by atoms with Gasteiger partial charge in [-0.3, -0.25) is 14.8 Å². The summed E-state index contributed by atoms with van der Waals surface area (Å²) in [7, 11) is 0. The number of rotatable bonds is 7. The minimum Gasteiger partial charge on any atom is -0.461 e. The second kappa shape index (κ2) is 11.3. The Morgan fingerprint density at radius 2 is 1.88 bits per heavy atom. The summed E-state index contributed by atoms with van der Waals surface area (Å²) in [6.07, 6.45) is 5.69. The van der Waals surface area contributed by atoms with Gasteiger partial charge in [0, 0.05) is 55.6 Å². The Balaban J connectivity index is 1.15. The number of hydrogen-bond donors (Lipinski definition) is 2. The summed E-state index contributed by atoms with van der Waals surface area (Å²) in [5, 5.41) is 21.5. The van der Waals surface area contributed by atoms with Crippen molar-refractivity contribution in [2.24, 2.45) is 0 Å². The molecular formula is C36H37F3N8O3S. The summed E-state index contributed by atoms with van der Waals surface area (Å²) in [5.41, 5.74) is 6.62. The SMILES string of the molecule is N#Cc1c(N)sc2c(F)cnc(-c3c4c(c5c(N6C7CCC6CN(CC6(O)CC6)C7)nc(OC[C@@]67CCCN6C[C@H](F)C7)nc5c3F)COC4)c12. The van der Waals surface area contributed by atoms with Crippen molar-refractivity contribution in [3.8, 4) is 23.3 Å². The summed E-state index contributed by atoms with van der Waals surface area (Å²) < 4.78 is 59.8. The van der Waals surface area contributed by atoms with E-state index in [2.05, 4.69) is 25.8 Å². The standard InChI is InChI=1S/C36H37F3N8O3S/c37-18-8-35(4-1-7-46(35)11-18)17-50-34-43-30-27(33(44-34)47-19-2-3-20(47)13-45(12-19)16-36(48)5-6-36)23-15-49-14-22(23)25(28(30)39)29-26-21(9-40)32(41)51-31(26)24(38)10-42-29/h10,18-20,48H,1-8,11-17,41H2/t18-,19?,20?,35+/m1/s1. The lowest BCUT2D eigenvalue weighted by atomic mass is 9.93. The number of piperazine rings is 1. The third-order valence-corrected chi connectivity index (χ3v) is 13.2. The molecule has 0 radical (unpaired) electrons. The van der Waals surface area contributed by atoms with Crippen LogP contribution in [0.4, 0.5) is 24.0 Å². The van der Waals surface area contributed by atoms with Crippen molar-refractivity contribution in [3.05, 3.63) is 34.5 Å². The fourth-order valence-electron chi connectivity index (χ4n) is 9.71. The van der Waals surface area contributed by atoms with Gasteiger partial charge in [0.05, 0.1) is 51.9 Å². The lowest BCUT2D eigenvalue weighted by Gasteiger charge is -2.43. The maximum atomic E-state index is 17.5. The first-order valence-electron chi connectivity index (χ1n) is 17.8. The van der Waals surface area contributed by atoms with Crippen LogP contribution < -0.4 is 15.4 Å². The number of thiophene rings is 1. The summed E-state index contributed by atoms with van der Waals surface area (Å²) in [6, 6.07) is 2.23. The van der Waals surface area contributed by atoms with E-state index in [1.54, 1.807) is 0 Å². The number of nitrogens with zero attached hydrogens (tertiary/aromatic N) is 7. The first-order chi connectivity index (χ1) is 24.6. The van der Waals surface area contributed by atoms with Crippen LogP contribution in [0.15, 0.2) is 6.20 Å². The Labute approximate surface area is 295 Å². The molecule has 1 aromatic carbocycles. The second-order valence-electron chi connectivity index (χ2n) is 15.4. The van der Waals surface area contributed by atoms with Crippen molar-refractivity contribution < 1.29 is 27.8 Å². The molecule has 2 unspecified atom stereocenters. The highest BCUT2D eigenvalue weighted by atomic mass is 32.1. The van der Waals surface area contributed by atoms with Crippen molar-refractivity contribution in [2.75, 3.05) is 50.0 Å². The molecule has 4 atom stereocenters. The van der Waals surface area contributed by atoms with E-state index in [1.807, 2.05) is 0 Å². The van der Waals surface area contributed by atoms with Gasteiger partial charge >= 0.3 is 6.01 Å².